The molecular weight excluding hydrogens is 262 g/mol. The summed E-state index contributed by atoms with van der Waals surface area (Å²) in [5.74, 6) is 0.0387. The minimum Gasteiger partial charge on any atom is -0.399 e. The molecular formula is C17H27N3O. The maximum atomic E-state index is 12.5. The average molecular weight is 289 g/mol. The van der Waals surface area contributed by atoms with Gasteiger partial charge < -0.3 is 11.1 Å². The maximum absolute atomic E-state index is 12.5. The lowest BCUT2D eigenvalue weighted by Crippen LogP contribution is -2.46. The Balaban J connectivity index is 1.99. The lowest BCUT2D eigenvalue weighted by Gasteiger charge is -2.34. The van der Waals surface area contributed by atoms with Crippen molar-refractivity contribution in [2.75, 3.05) is 18.1 Å². The predicted molar refractivity (Wildman–Crippen MR) is 88.3 cm³/mol. The molecule has 1 amide bonds. The Bertz CT molecular complexity index is 495. The molecule has 0 saturated heterocycles. The number of nitrogens with one attached hydrogen (secondary N) is 1. The Morgan fingerprint density at radius 3 is 2.67 bits per heavy atom. The van der Waals surface area contributed by atoms with Crippen molar-refractivity contribution in [2.24, 2.45) is 0 Å². The third kappa shape index (κ3) is 3.97. The van der Waals surface area contributed by atoms with Crippen LogP contribution < -0.4 is 11.1 Å². The van der Waals surface area contributed by atoms with E-state index in [1.54, 1.807) is 0 Å². The molecule has 1 aliphatic rings. The Labute approximate surface area is 127 Å². The van der Waals surface area contributed by atoms with Crippen LogP contribution in [0, 0.1) is 6.92 Å². The molecule has 1 aromatic rings. The molecule has 1 aliphatic carbocycles. The molecule has 1 unspecified atom stereocenters. The van der Waals surface area contributed by atoms with Gasteiger partial charge in [0.2, 0.25) is 5.91 Å². The predicted octanol–water partition coefficient (Wildman–Crippen LogP) is 3.17. The number of anilines is 2. The summed E-state index contributed by atoms with van der Waals surface area (Å²) in [6, 6.07) is 6.00. The molecule has 1 saturated carbocycles. The first-order valence-electron chi connectivity index (χ1n) is 7.88. The van der Waals surface area contributed by atoms with Crippen molar-refractivity contribution in [2.45, 2.75) is 58.0 Å². The van der Waals surface area contributed by atoms with Gasteiger partial charge in [-0.15, -0.1) is 0 Å². The van der Waals surface area contributed by atoms with Crippen molar-refractivity contribution in [1.29, 1.82) is 0 Å². The lowest BCUT2D eigenvalue weighted by atomic mass is 9.93. The molecule has 0 spiro atoms. The number of nitrogens with two attached hydrogens (primary N) is 1. The summed E-state index contributed by atoms with van der Waals surface area (Å²) >= 11 is 0. The number of carbonyl (C=O) groups is 1. The topological polar surface area (TPSA) is 58.4 Å². The lowest BCUT2D eigenvalue weighted by molar-refractivity contribution is -0.121. The van der Waals surface area contributed by atoms with Gasteiger partial charge in [-0.25, -0.2) is 0 Å². The second-order valence-corrected chi connectivity index (χ2v) is 6.20. The van der Waals surface area contributed by atoms with E-state index in [0.717, 1.165) is 11.3 Å². The van der Waals surface area contributed by atoms with Gasteiger partial charge in [0.15, 0.2) is 0 Å². The number of rotatable bonds is 4. The molecule has 2 rings (SSSR count). The Kier molecular flexibility index (Phi) is 5.23. The van der Waals surface area contributed by atoms with Crippen molar-refractivity contribution in [3.05, 3.63) is 23.8 Å². The van der Waals surface area contributed by atoms with Gasteiger partial charge in [0.1, 0.15) is 0 Å². The fraction of sp³-hybridized carbons (Fsp3) is 0.588. The monoisotopic (exact) mass is 289 g/mol. The number of hydrogen-bond acceptors (Lipinski definition) is 3. The fourth-order valence-corrected chi connectivity index (χ4v) is 3.00. The molecule has 0 aromatic heterocycles. The summed E-state index contributed by atoms with van der Waals surface area (Å²) < 4.78 is 0. The first-order valence-corrected chi connectivity index (χ1v) is 7.88. The molecule has 1 fully saturated rings. The number of likely N-dealkylation sites (N-methyl/N-ethyl adjacent to an activating group) is 1. The molecule has 116 valence electrons. The van der Waals surface area contributed by atoms with Gasteiger partial charge in [-0.1, -0.05) is 25.3 Å². The second-order valence-electron chi connectivity index (χ2n) is 6.20. The first-order chi connectivity index (χ1) is 9.99. The van der Waals surface area contributed by atoms with E-state index in [4.69, 9.17) is 5.73 Å². The van der Waals surface area contributed by atoms with Gasteiger partial charge in [0.25, 0.3) is 0 Å². The highest BCUT2D eigenvalue weighted by molar-refractivity contribution is 5.95. The summed E-state index contributed by atoms with van der Waals surface area (Å²) in [5.41, 5.74) is 8.31. The van der Waals surface area contributed by atoms with E-state index in [0.29, 0.717) is 11.7 Å². The van der Waals surface area contributed by atoms with Crippen LogP contribution in [0.1, 0.15) is 44.6 Å². The van der Waals surface area contributed by atoms with E-state index in [-0.39, 0.29) is 11.9 Å². The van der Waals surface area contributed by atoms with E-state index < -0.39 is 0 Å². The fourth-order valence-electron chi connectivity index (χ4n) is 3.00. The number of nitrogens with zero attached hydrogens (tertiary/aromatic N) is 1. The van der Waals surface area contributed by atoms with Gasteiger partial charge in [-0.2, -0.15) is 0 Å². The summed E-state index contributed by atoms with van der Waals surface area (Å²) in [6.45, 7) is 3.95. The van der Waals surface area contributed by atoms with Crippen molar-refractivity contribution in [3.63, 3.8) is 0 Å². The highest BCUT2D eigenvalue weighted by Crippen LogP contribution is 2.24. The minimum absolute atomic E-state index is 0.0387. The van der Waals surface area contributed by atoms with Crippen molar-refractivity contribution < 1.29 is 4.79 Å². The third-order valence-electron chi connectivity index (χ3n) is 4.66. The summed E-state index contributed by atoms with van der Waals surface area (Å²) in [7, 11) is 2.06. The van der Waals surface area contributed by atoms with Crippen LogP contribution in [-0.2, 0) is 4.79 Å². The SMILES string of the molecule is Cc1ccc(N)cc1NC(=O)C(C)N(C)C1CCCCC1. The van der Waals surface area contributed by atoms with E-state index in [9.17, 15) is 4.79 Å². The number of carbonyl (C=O) groups excluding carboxylic acids is 1. The zero-order valence-electron chi connectivity index (χ0n) is 13.4. The molecule has 0 heterocycles. The Morgan fingerprint density at radius 2 is 2.00 bits per heavy atom. The van der Waals surface area contributed by atoms with E-state index >= 15 is 0 Å². The van der Waals surface area contributed by atoms with Crippen LogP contribution >= 0.6 is 0 Å². The van der Waals surface area contributed by atoms with E-state index in [1.807, 2.05) is 32.0 Å². The van der Waals surface area contributed by atoms with E-state index in [2.05, 4.69) is 17.3 Å². The van der Waals surface area contributed by atoms with Crippen LogP contribution in [0.15, 0.2) is 18.2 Å². The van der Waals surface area contributed by atoms with Crippen molar-refractivity contribution >= 4 is 17.3 Å². The highest BCUT2D eigenvalue weighted by atomic mass is 16.2. The standard InChI is InChI=1S/C17H27N3O/c1-12-9-10-14(18)11-16(12)19-17(21)13(2)20(3)15-7-5-4-6-8-15/h9-11,13,15H,4-8,18H2,1-3H3,(H,19,21). The zero-order chi connectivity index (χ0) is 15.4. The van der Waals surface area contributed by atoms with Gasteiger partial charge in [-0.05, 0) is 51.4 Å². The number of aryl methyl sites for hydroxylation is 1. The van der Waals surface area contributed by atoms with Gasteiger partial charge in [0, 0.05) is 17.4 Å². The van der Waals surface area contributed by atoms with Gasteiger partial charge >= 0.3 is 0 Å². The molecule has 21 heavy (non-hydrogen) atoms. The average Bonchev–Trinajstić information content (AvgIpc) is 2.50. The smallest absolute Gasteiger partial charge is 0.241 e. The van der Waals surface area contributed by atoms with Gasteiger partial charge in [-0.3, -0.25) is 9.69 Å². The maximum Gasteiger partial charge on any atom is 0.241 e. The molecule has 4 nitrogen and oxygen atoms in total. The number of amides is 1. The molecule has 0 bridgehead atoms. The zero-order valence-corrected chi connectivity index (χ0v) is 13.4. The van der Waals surface area contributed by atoms with Gasteiger partial charge in [0.05, 0.1) is 6.04 Å². The second kappa shape index (κ2) is 6.94. The number of hydrogen-bond donors (Lipinski definition) is 2. The number of benzene rings is 1. The van der Waals surface area contributed by atoms with Crippen LogP contribution in [0.3, 0.4) is 0 Å². The largest absolute Gasteiger partial charge is 0.399 e. The highest BCUT2D eigenvalue weighted by Gasteiger charge is 2.26. The van der Waals surface area contributed by atoms with Crippen LogP contribution in [0.5, 0.6) is 0 Å². The molecule has 0 radical (unpaired) electrons. The van der Waals surface area contributed by atoms with Crippen LogP contribution in [0.2, 0.25) is 0 Å². The Morgan fingerprint density at radius 1 is 1.33 bits per heavy atom. The van der Waals surface area contributed by atoms with Crippen LogP contribution in [0.4, 0.5) is 11.4 Å². The normalized spacial score (nSPS) is 17.7. The summed E-state index contributed by atoms with van der Waals surface area (Å²) in [5, 5.41) is 3.01. The van der Waals surface area contributed by atoms with Crippen LogP contribution in [0.25, 0.3) is 0 Å². The van der Waals surface area contributed by atoms with E-state index in [1.165, 1.54) is 32.1 Å². The quantitative estimate of drug-likeness (QED) is 0.837. The molecule has 0 aliphatic heterocycles. The van der Waals surface area contributed by atoms with Crippen molar-refractivity contribution in [1.82, 2.24) is 4.90 Å². The molecule has 1 aromatic carbocycles. The van der Waals surface area contributed by atoms with Crippen LogP contribution in [-0.4, -0.2) is 29.9 Å². The summed E-state index contributed by atoms with van der Waals surface area (Å²) in [4.78, 5) is 14.7. The third-order valence-corrected chi connectivity index (χ3v) is 4.66. The minimum atomic E-state index is -0.131. The molecule has 4 heteroatoms. The number of nitrogen functional groups attached to an aromatic ring is 1. The Hall–Kier alpha value is -1.55. The summed E-state index contributed by atoms with van der Waals surface area (Å²) in [6.07, 6.45) is 6.28. The molecule has 1 atom stereocenters. The van der Waals surface area contributed by atoms with Crippen molar-refractivity contribution in [3.8, 4) is 0 Å². The molecule has 3 N–H and O–H groups in total. The first kappa shape index (κ1) is 15.8.